The zero-order chi connectivity index (χ0) is 13.3. The highest BCUT2D eigenvalue weighted by molar-refractivity contribution is 6.30. The van der Waals surface area contributed by atoms with Crippen LogP contribution in [0.15, 0.2) is 18.2 Å². The Hall–Kier alpha value is -1.75. The van der Waals surface area contributed by atoms with Crippen molar-refractivity contribution in [3.05, 3.63) is 34.7 Å². The van der Waals surface area contributed by atoms with Gasteiger partial charge in [0.2, 0.25) is 0 Å². The van der Waals surface area contributed by atoms with Gasteiger partial charge in [-0.3, -0.25) is 4.68 Å². The molecule has 0 fully saturated rings. The zero-order valence-corrected chi connectivity index (χ0v) is 10.9. The third kappa shape index (κ3) is 2.26. The van der Waals surface area contributed by atoms with Gasteiger partial charge in [-0.2, -0.15) is 5.10 Å². The Kier molecular flexibility index (Phi) is 3.43. The Morgan fingerprint density at radius 3 is 2.78 bits per heavy atom. The smallest absolute Gasteiger partial charge is 0.152 e. The van der Waals surface area contributed by atoms with E-state index in [0.29, 0.717) is 17.2 Å². The van der Waals surface area contributed by atoms with Gasteiger partial charge >= 0.3 is 0 Å². The van der Waals surface area contributed by atoms with Gasteiger partial charge < -0.3 is 11.1 Å². The van der Waals surface area contributed by atoms with E-state index in [4.69, 9.17) is 17.3 Å². The molecule has 1 aromatic carbocycles. The predicted octanol–water partition coefficient (Wildman–Crippen LogP) is 3.10. The summed E-state index contributed by atoms with van der Waals surface area (Å²) >= 11 is 5.63. The maximum atomic E-state index is 13.3. The van der Waals surface area contributed by atoms with Gasteiger partial charge in [-0.1, -0.05) is 18.5 Å². The topological polar surface area (TPSA) is 55.9 Å². The van der Waals surface area contributed by atoms with Crippen LogP contribution in [-0.2, 0) is 13.5 Å². The molecule has 1 heterocycles. The summed E-state index contributed by atoms with van der Waals surface area (Å²) < 4.78 is 15.0. The van der Waals surface area contributed by atoms with E-state index < -0.39 is 5.82 Å². The Bertz CT molecular complexity index is 580. The fourth-order valence-electron chi connectivity index (χ4n) is 1.72. The largest absolute Gasteiger partial charge is 0.394 e. The van der Waals surface area contributed by atoms with Gasteiger partial charge in [0.25, 0.3) is 0 Å². The lowest BCUT2D eigenvalue weighted by Gasteiger charge is -2.08. The van der Waals surface area contributed by atoms with Crippen molar-refractivity contribution in [2.75, 3.05) is 11.1 Å². The number of nitrogen functional groups attached to an aromatic ring is 1. The van der Waals surface area contributed by atoms with E-state index in [1.54, 1.807) is 17.8 Å². The lowest BCUT2D eigenvalue weighted by Crippen LogP contribution is -2.01. The van der Waals surface area contributed by atoms with Gasteiger partial charge in [0.05, 0.1) is 16.4 Å². The van der Waals surface area contributed by atoms with Crippen LogP contribution in [0.5, 0.6) is 0 Å². The Morgan fingerprint density at radius 1 is 1.50 bits per heavy atom. The standard InChI is InChI=1S/C12H14ClFN4/c1-3-10-11(15)12(18(2)17-10)16-7-4-5-8(13)9(14)6-7/h4-6,16H,3,15H2,1-2H3. The second-order valence-electron chi connectivity index (χ2n) is 3.94. The molecule has 0 bridgehead atoms. The molecule has 0 saturated heterocycles. The minimum atomic E-state index is -0.474. The molecule has 2 rings (SSSR count). The molecule has 0 spiro atoms. The molecule has 0 radical (unpaired) electrons. The van der Waals surface area contributed by atoms with Crippen molar-refractivity contribution >= 4 is 28.8 Å². The SMILES string of the molecule is CCc1nn(C)c(Nc2ccc(Cl)c(F)c2)c1N. The molecule has 6 heteroatoms. The number of nitrogens with one attached hydrogen (secondary N) is 1. The average Bonchev–Trinajstić information content (AvgIpc) is 2.61. The summed E-state index contributed by atoms with van der Waals surface area (Å²) in [6, 6.07) is 4.50. The molecule has 1 aromatic heterocycles. The molecule has 2 aromatic rings. The van der Waals surface area contributed by atoms with Crippen molar-refractivity contribution < 1.29 is 4.39 Å². The van der Waals surface area contributed by atoms with Gasteiger partial charge in [-0.15, -0.1) is 0 Å². The van der Waals surface area contributed by atoms with Crippen LogP contribution < -0.4 is 11.1 Å². The van der Waals surface area contributed by atoms with Crippen LogP contribution in [0, 0.1) is 5.82 Å². The number of hydrogen-bond acceptors (Lipinski definition) is 3. The number of aryl methyl sites for hydroxylation is 2. The molecule has 0 aliphatic heterocycles. The van der Waals surface area contributed by atoms with E-state index in [-0.39, 0.29) is 5.02 Å². The van der Waals surface area contributed by atoms with Gasteiger partial charge in [0.15, 0.2) is 5.82 Å². The van der Waals surface area contributed by atoms with Crippen molar-refractivity contribution in [3.63, 3.8) is 0 Å². The molecule has 96 valence electrons. The van der Waals surface area contributed by atoms with Crippen LogP contribution >= 0.6 is 11.6 Å². The van der Waals surface area contributed by atoms with Crippen LogP contribution in [0.1, 0.15) is 12.6 Å². The average molecular weight is 269 g/mol. The van der Waals surface area contributed by atoms with Crippen LogP contribution in [0.4, 0.5) is 21.6 Å². The molecule has 0 atom stereocenters. The number of halogens is 2. The van der Waals surface area contributed by atoms with E-state index in [1.165, 1.54) is 12.1 Å². The lowest BCUT2D eigenvalue weighted by molar-refractivity contribution is 0.629. The number of nitrogens with two attached hydrogens (primary N) is 1. The number of benzene rings is 1. The van der Waals surface area contributed by atoms with Gasteiger partial charge in [0.1, 0.15) is 5.82 Å². The second kappa shape index (κ2) is 4.86. The van der Waals surface area contributed by atoms with E-state index in [1.807, 2.05) is 6.92 Å². The van der Waals surface area contributed by atoms with Crippen LogP contribution in [0.2, 0.25) is 5.02 Å². The van der Waals surface area contributed by atoms with E-state index in [2.05, 4.69) is 10.4 Å². The zero-order valence-electron chi connectivity index (χ0n) is 10.2. The minimum absolute atomic E-state index is 0.0905. The molecule has 0 aliphatic carbocycles. The van der Waals surface area contributed by atoms with Crippen molar-refractivity contribution in [1.29, 1.82) is 0 Å². The summed E-state index contributed by atoms with van der Waals surface area (Å²) in [6.45, 7) is 1.98. The summed E-state index contributed by atoms with van der Waals surface area (Å²) in [4.78, 5) is 0. The first-order valence-electron chi connectivity index (χ1n) is 5.56. The highest BCUT2D eigenvalue weighted by atomic mass is 35.5. The maximum absolute atomic E-state index is 13.3. The first kappa shape index (κ1) is 12.7. The molecule has 3 N–H and O–H groups in total. The quantitative estimate of drug-likeness (QED) is 0.899. The normalized spacial score (nSPS) is 10.7. The number of anilines is 3. The summed E-state index contributed by atoms with van der Waals surface area (Å²) in [5.41, 5.74) is 7.94. The summed E-state index contributed by atoms with van der Waals surface area (Å²) in [7, 11) is 1.78. The number of aromatic nitrogens is 2. The summed E-state index contributed by atoms with van der Waals surface area (Å²) in [6.07, 6.45) is 0.746. The third-order valence-electron chi connectivity index (χ3n) is 2.68. The molecule has 0 amide bonds. The van der Waals surface area contributed by atoms with E-state index >= 15 is 0 Å². The third-order valence-corrected chi connectivity index (χ3v) is 2.98. The Morgan fingerprint density at radius 2 is 2.22 bits per heavy atom. The first-order valence-corrected chi connectivity index (χ1v) is 5.94. The van der Waals surface area contributed by atoms with Crippen molar-refractivity contribution in [1.82, 2.24) is 9.78 Å². The molecule has 18 heavy (non-hydrogen) atoms. The summed E-state index contributed by atoms with van der Waals surface area (Å²) in [5, 5.41) is 7.40. The predicted molar refractivity (Wildman–Crippen MR) is 71.7 cm³/mol. The molecule has 0 unspecified atom stereocenters. The molecule has 0 saturated carbocycles. The van der Waals surface area contributed by atoms with Crippen LogP contribution in [-0.4, -0.2) is 9.78 Å². The van der Waals surface area contributed by atoms with E-state index in [0.717, 1.165) is 12.1 Å². The highest BCUT2D eigenvalue weighted by Crippen LogP contribution is 2.27. The Balaban J connectivity index is 2.33. The first-order chi connectivity index (χ1) is 8.52. The van der Waals surface area contributed by atoms with Gasteiger partial charge in [-0.05, 0) is 24.6 Å². The molecular weight excluding hydrogens is 255 g/mol. The van der Waals surface area contributed by atoms with E-state index in [9.17, 15) is 4.39 Å². The molecular formula is C12H14ClFN4. The highest BCUT2D eigenvalue weighted by Gasteiger charge is 2.12. The van der Waals surface area contributed by atoms with Crippen LogP contribution in [0.25, 0.3) is 0 Å². The fourth-order valence-corrected chi connectivity index (χ4v) is 1.83. The summed E-state index contributed by atoms with van der Waals surface area (Å²) in [5.74, 6) is 0.173. The monoisotopic (exact) mass is 268 g/mol. The maximum Gasteiger partial charge on any atom is 0.152 e. The fraction of sp³-hybridized carbons (Fsp3) is 0.250. The van der Waals surface area contributed by atoms with Crippen molar-refractivity contribution in [2.45, 2.75) is 13.3 Å². The number of rotatable bonds is 3. The van der Waals surface area contributed by atoms with Crippen molar-refractivity contribution in [3.8, 4) is 0 Å². The second-order valence-corrected chi connectivity index (χ2v) is 4.35. The van der Waals surface area contributed by atoms with Crippen LogP contribution in [0.3, 0.4) is 0 Å². The minimum Gasteiger partial charge on any atom is -0.394 e. The van der Waals surface area contributed by atoms with Gasteiger partial charge in [0, 0.05) is 12.7 Å². The number of hydrogen-bond donors (Lipinski definition) is 2. The molecule has 4 nitrogen and oxygen atoms in total. The van der Waals surface area contributed by atoms with Gasteiger partial charge in [-0.25, -0.2) is 4.39 Å². The van der Waals surface area contributed by atoms with Crippen molar-refractivity contribution in [2.24, 2.45) is 7.05 Å². The lowest BCUT2D eigenvalue weighted by atomic mass is 10.2. The molecule has 0 aliphatic rings. The Labute approximate surface area is 110 Å². The number of nitrogens with zero attached hydrogens (tertiary/aromatic N) is 2.